The summed E-state index contributed by atoms with van der Waals surface area (Å²) in [6, 6.07) is 14.7. The first-order valence-corrected chi connectivity index (χ1v) is 18.3. The molecule has 1 fully saturated rings. The molecule has 0 radical (unpaired) electrons. The van der Waals surface area contributed by atoms with E-state index >= 15 is 0 Å². The number of benzene rings is 2. The van der Waals surface area contributed by atoms with Crippen molar-refractivity contribution in [3.05, 3.63) is 71.8 Å². The number of primary amides is 1. The molecule has 0 bridgehead atoms. The molecule has 13 nitrogen and oxygen atoms in total. The van der Waals surface area contributed by atoms with Gasteiger partial charge < -0.3 is 37.1 Å². The van der Waals surface area contributed by atoms with Gasteiger partial charge in [0.2, 0.25) is 35.4 Å². The monoisotopic (exact) mass is 710 g/mol. The van der Waals surface area contributed by atoms with Crippen molar-refractivity contribution >= 4 is 47.2 Å². The summed E-state index contributed by atoms with van der Waals surface area (Å²) in [5, 5.41) is 13.9. The SMILES string of the molecule is CCC(C)C(NC(=O)COCC(Cc1ccccc1)NC(=O)C(Cc1ccccc1)NC(=O)C1CCC(=O)N1)C(=O)NC(CCSC)C(N)=O. The molecule has 6 atom stereocenters. The van der Waals surface area contributed by atoms with Gasteiger partial charge in [0.1, 0.15) is 30.8 Å². The summed E-state index contributed by atoms with van der Waals surface area (Å²) >= 11 is 1.53. The van der Waals surface area contributed by atoms with E-state index in [4.69, 9.17) is 10.5 Å². The Labute approximate surface area is 298 Å². The van der Waals surface area contributed by atoms with Crippen molar-refractivity contribution in [3.8, 4) is 0 Å². The average molecular weight is 711 g/mol. The minimum Gasteiger partial charge on any atom is -0.369 e. The molecular formula is C36H50N6O7S. The number of carbonyl (C=O) groups is 6. The number of rotatable bonds is 21. The lowest BCUT2D eigenvalue weighted by Crippen LogP contribution is -2.56. The maximum absolute atomic E-state index is 13.8. The predicted octanol–water partition coefficient (Wildman–Crippen LogP) is 0.991. The van der Waals surface area contributed by atoms with E-state index in [1.165, 1.54) is 11.8 Å². The molecule has 1 heterocycles. The van der Waals surface area contributed by atoms with Crippen LogP contribution in [0.15, 0.2) is 60.7 Å². The Hall–Kier alpha value is -4.43. The summed E-state index contributed by atoms with van der Waals surface area (Å²) in [6.07, 6.45) is 4.03. The summed E-state index contributed by atoms with van der Waals surface area (Å²) in [5.74, 6) is -2.40. The number of nitrogens with two attached hydrogens (primary N) is 1. The molecule has 0 aromatic heterocycles. The molecule has 0 aliphatic carbocycles. The fourth-order valence-electron chi connectivity index (χ4n) is 5.49. The quantitative estimate of drug-likeness (QED) is 0.110. The van der Waals surface area contributed by atoms with Gasteiger partial charge in [-0.1, -0.05) is 80.9 Å². The molecule has 1 aliphatic rings. The number of carbonyl (C=O) groups excluding carboxylic acids is 6. The largest absolute Gasteiger partial charge is 0.369 e. The molecule has 6 amide bonds. The van der Waals surface area contributed by atoms with Gasteiger partial charge in [-0.05, 0) is 48.3 Å². The number of thioether (sulfide) groups is 1. The van der Waals surface area contributed by atoms with Crippen molar-refractivity contribution in [2.75, 3.05) is 25.2 Å². The average Bonchev–Trinajstić information content (AvgIpc) is 3.55. The first-order chi connectivity index (χ1) is 24.0. The molecular weight excluding hydrogens is 660 g/mol. The number of amides is 6. The van der Waals surface area contributed by atoms with Crippen LogP contribution in [0.3, 0.4) is 0 Å². The van der Waals surface area contributed by atoms with Crippen LogP contribution in [0.4, 0.5) is 0 Å². The van der Waals surface area contributed by atoms with Gasteiger partial charge in [-0.2, -0.15) is 11.8 Å². The van der Waals surface area contributed by atoms with Crippen LogP contribution in [0.25, 0.3) is 0 Å². The zero-order chi connectivity index (χ0) is 36.5. The van der Waals surface area contributed by atoms with Crippen LogP contribution in [0, 0.1) is 5.92 Å². The zero-order valence-electron chi connectivity index (χ0n) is 28.9. The van der Waals surface area contributed by atoms with Crippen LogP contribution in [-0.2, 0) is 46.3 Å². The second kappa shape index (κ2) is 20.9. The van der Waals surface area contributed by atoms with Crippen LogP contribution in [0.1, 0.15) is 50.7 Å². The van der Waals surface area contributed by atoms with Crippen LogP contribution >= 0.6 is 11.8 Å². The highest BCUT2D eigenvalue weighted by molar-refractivity contribution is 7.98. The van der Waals surface area contributed by atoms with Crippen molar-refractivity contribution in [2.24, 2.45) is 11.7 Å². The Bertz CT molecular complexity index is 1430. The highest BCUT2D eigenvalue weighted by Crippen LogP contribution is 2.12. The lowest BCUT2D eigenvalue weighted by atomic mass is 9.97. The summed E-state index contributed by atoms with van der Waals surface area (Å²) in [6.45, 7) is 3.28. The van der Waals surface area contributed by atoms with Crippen molar-refractivity contribution in [2.45, 2.75) is 82.6 Å². The van der Waals surface area contributed by atoms with E-state index < -0.39 is 66.4 Å². The van der Waals surface area contributed by atoms with Gasteiger partial charge in [0, 0.05) is 12.8 Å². The van der Waals surface area contributed by atoms with E-state index in [0.29, 0.717) is 31.4 Å². The summed E-state index contributed by atoms with van der Waals surface area (Å²) in [7, 11) is 0. The van der Waals surface area contributed by atoms with E-state index in [1.807, 2.05) is 80.8 Å². The topological polar surface area (TPSA) is 198 Å². The fraction of sp³-hybridized carbons (Fsp3) is 0.500. The van der Waals surface area contributed by atoms with Gasteiger partial charge in [0.05, 0.1) is 12.6 Å². The van der Waals surface area contributed by atoms with E-state index in [1.54, 1.807) is 0 Å². The summed E-state index contributed by atoms with van der Waals surface area (Å²) in [5.41, 5.74) is 7.25. The Morgan fingerprint density at radius 3 is 2.10 bits per heavy atom. The molecule has 0 saturated carbocycles. The molecule has 1 saturated heterocycles. The van der Waals surface area contributed by atoms with Crippen molar-refractivity contribution in [1.82, 2.24) is 26.6 Å². The Morgan fingerprint density at radius 1 is 0.900 bits per heavy atom. The van der Waals surface area contributed by atoms with Crippen LogP contribution < -0.4 is 32.3 Å². The standard InChI is InChI=1S/C36H50N6O7S/c1-4-23(2)32(36(48)40-27(33(37)45)17-18-50-3)42-31(44)22-49-21-26(19-24-11-7-5-8-12-24)38-35(47)29(20-25-13-9-6-10-14-25)41-34(46)28-15-16-30(43)39-28/h5-14,23,26-29,32H,4,15-22H2,1-3H3,(H2,37,45)(H,38,47)(H,39,43)(H,40,48)(H,41,46)(H,42,44). The lowest BCUT2D eigenvalue weighted by Gasteiger charge is -2.26. The number of ether oxygens (including phenoxy) is 1. The number of hydrogen-bond acceptors (Lipinski definition) is 8. The van der Waals surface area contributed by atoms with E-state index in [0.717, 1.165) is 11.1 Å². The first kappa shape index (κ1) is 40.0. The summed E-state index contributed by atoms with van der Waals surface area (Å²) < 4.78 is 5.80. The minimum absolute atomic E-state index is 0.0443. The fourth-order valence-corrected chi connectivity index (χ4v) is 5.96. The molecule has 14 heteroatoms. The van der Waals surface area contributed by atoms with Gasteiger partial charge in [-0.25, -0.2) is 0 Å². The van der Waals surface area contributed by atoms with E-state index in [-0.39, 0.29) is 31.3 Å². The maximum atomic E-state index is 13.8. The molecule has 2 aromatic rings. The second-order valence-corrected chi connectivity index (χ2v) is 13.5. The molecule has 1 aliphatic heterocycles. The van der Waals surface area contributed by atoms with Crippen molar-refractivity contribution < 1.29 is 33.5 Å². The van der Waals surface area contributed by atoms with E-state index in [9.17, 15) is 28.8 Å². The van der Waals surface area contributed by atoms with Crippen molar-refractivity contribution in [1.29, 1.82) is 0 Å². The maximum Gasteiger partial charge on any atom is 0.246 e. The van der Waals surface area contributed by atoms with Crippen molar-refractivity contribution in [3.63, 3.8) is 0 Å². The molecule has 3 rings (SSSR count). The van der Waals surface area contributed by atoms with Gasteiger partial charge in [-0.15, -0.1) is 0 Å². The van der Waals surface area contributed by atoms with E-state index in [2.05, 4.69) is 26.6 Å². The molecule has 7 N–H and O–H groups in total. The van der Waals surface area contributed by atoms with Gasteiger partial charge in [0.25, 0.3) is 0 Å². The third kappa shape index (κ3) is 13.5. The summed E-state index contributed by atoms with van der Waals surface area (Å²) in [4.78, 5) is 76.6. The molecule has 50 heavy (non-hydrogen) atoms. The molecule has 6 unspecified atom stereocenters. The third-order valence-electron chi connectivity index (χ3n) is 8.53. The third-order valence-corrected chi connectivity index (χ3v) is 9.18. The Balaban J connectivity index is 1.68. The Morgan fingerprint density at radius 2 is 1.54 bits per heavy atom. The van der Waals surface area contributed by atoms with Crippen LogP contribution in [0.2, 0.25) is 0 Å². The van der Waals surface area contributed by atoms with Crippen LogP contribution in [0.5, 0.6) is 0 Å². The predicted molar refractivity (Wildman–Crippen MR) is 192 cm³/mol. The molecule has 2 aromatic carbocycles. The lowest BCUT2D eigenvalue weighted by molar-refractivity contribution is -0.134. The van der Waals surface area contributed by atoms with Gasteiger partial charge in [0.15, 0.2) is 0 Å². The molecule has 272 valence electrons. The number of hydrogen-bond donors (Lipinski definition) is 6. The molecule has 0 spiro atoms. The van der Waals surface area contributed by atoms with Gasteiger partial charge in [-0.3, -0.25) is 28.8 Å². The zero-order valence-corrected chi connectivity index (χ0v) is 29.8. The highest BCUT2D eigenvalue weighted by atomic mass is 32.2. The normalized spacial score (nSPS) is 16.9. The Kier molecular flexibility index (Phi) is 16.8. The second-order valence-electron chi connectivity index (χ2n) is 12.5. The smallest absolute Gasteiger partial charge is 0.246 e. The highest BCUT2D eigenvalue weighted by Gasteiger charge is 2.32. The van der Waals surface area contributed by atoms with Gasteiger partial charge >= 0.3 is 0 Å². The first-order valence-electron chi connectivity index (χ1n) is 16.9. The number of nitrogens with one attached hydrogen (secondary N) is 5. The minimum atomic E-state index is -0.945. The van der Waals surface area contributed by atoms with Crippen LogP contribution in [-0.4, -0.2) is 90.9 Å².